The third kappa shape index (κ3) is 2.17. The molecule has 1 rings (SSSR count). The van der Waals surface area contributed by atoms with E-state index in [1.165, 1.54) is 6.92 Å². The molecule has 0 aromatic heterocycles. The van der Waals surface area contributed by atoms with Crippen molar-refractivity contribution in [3.05, 3.63) is 0 Å². The second-order valence-corrected chi connectivity index (χ2v) is 3.01. The van der Waals surface area contributed by atoms with Crippen molar-refractivity contribution < 1.29 is 15.0 Å². The summed E-state index contributed by atoms with van der Waals surface area (Å²) in [5, 5.41) is 23.9. The van der Waals surface area contributed by atoms with Gasteiger partial charge in [-0.25, -0.2) is 0 Å². The Bertz CT molecular complexity index is 174. The number of β-amino-alcohol motifs (C(OH)–C–C–N with tert-alkyl or cyclic N) is 1. The Labute approximate surface area is 70.8 Å². The number of rotatable bonds is 2. The highest BCUT2D eigenvalue weighted by Gasteiger charge is 2.32. The zero-order chi connectivity index (χ0) is 9.14. The summed E-state index contributed by atoms with van der Waals surface area (Å²) >= 11 is 0. The molecule has 0 aromatic rings. The Morgan fingerprint density at radius 1 is 1.67 bits per heavy atom. The molecular formula is C7H14N2O3. The summed E-state index contributed by atoms with van der Waals surface area (Å²) in [5.74, 6) is -0.134. The molecule has 5 nitrogen and oxygen atoms in total. The molecule has 1 unspecified atom stereocenters. The first kappa shape index (κ1) is 9.44. The molecule has 1 aliphatic heterocycles. The van der Waals surface area contributed by atoms with Gasteiger partial charge in [0.15, 0.2) is 0 Å². The maximum Gasteiger partial charge on any atom is 0.216 e. The molecular weight excluding hydrogens is 160 g/mol. The van der Waals surface area contributed by atoms with Gasteiger partial charge < -0.3 is 20.8 Å². The van der Waals surface area contributed by atoms with Crippen LogP contribution in [0.5, 0.6) is 0 Å². The Hall–Kier alpha value is -0.650. The summed E-state index contributed by atoms with van der Waals surface area (Å²) in [6, 6.07) is -0.233. The fourth-order valence-corrected chi connectivity index (χ4v) is 1.23. The van der Waals surface area contributed by atoms with E-state index in [-0.39, 0.29) is 11.9 Å². The SMILES string of the molecule is CC(=O)NCC1NC[C@H](O)[C@H]1O. The molecule has 3 atom stereocenters. The molecule has 0 aliphatic carbocycles. The van der Waals surface area contributed by atoms with Crippen molar-refractivity contribution in [3.63, 3.8) is 0 Å². The van der Waals surface area contributed by atoms with Crippen LogP contribution in [0.15, 0.2) is 0 Å². The summed E-state index contributed by atoms with van der Waals surface area (Å²) in [4.78, 5) is 10.5. The van der Waals surface area contributed by atoms with Crippen LogP contribution in [0.4, 0.5) is 0 Å². The highest BCUT2D eigenvalue weighted by molar-refractivity contribution is 5.72. The largest absolute Gasteiger partial charge is 0.389 e. The molecule has 1 saturated heterocycles. The monoisotopic (exact) mass is 174 g/mol. The van der Waals surface area contributed by atoms with E-state index in [0.717, 1.165) is 0 Å². The smallest absolute Gasteiger partial charge is 0.216 e. The Morgan fingerprint density at radius 2 is 2.33 bits per heavy atom. The number of aliphatic hydroxyl groups excluding tert-OH is 2. The third-order valence-corrected chi connectivity index (χ3v) is 1.97. The van der Waals surface area contributed by atoms with Gasteiger partial charge in [0, 0.05) is 20.0 Å². The third-order valence-electron chi connectivity index (χ3n) is 1.97. The lowest BCUT2D eigenvalue weighted by molar-refractivity contribution is -0.119. The Balaban J connectivity index is 2.29. The molecule has 12 heavy (non-hydrogen) atoms. The number of hydrogen-bond acceptors (Lipinski definition) is 4. The quantitative estimate of drug-likeness (QED) is 0.383. The maximum atomic E-state index is 10.5. The van der Waals surface area contributed by atoms with E-state index in [2.05, 4.69) is 10.6 Å². The lowest BCUT2D eigenvalue weighted by Crippen LogP contribution is -2.42. The van der Waals surface area contributed by atoms with Gasteiger partial charge in [-0.2, -0.15) is 0 Å². The fourth-order valence-electron chi connectivity index (χ4n) is 1.23. The molecule has 0 aromatic carbocycles. The van der Waals surface area contributed by atoms with Gasteiger partial charge in [0.1, 0.15) is 0 Å². The van der Waals surface area contributed by atoms with Gasteiger partial charge in [0.2, 0.25) is 5.91 Å². The zero-order valence-electron chi connectivity index (χ0n) is 6.95. The van der Waals surface area contributed by atoms with Crippen molar-refractivity contribution >= 4 is 5.91 Å². The van der Waals surface area contributed by atoms with Crippen molar-refractivity contribution in [2.75, 3.05) is 13.1 Å². The molecule has 1 heterocycles. The molecule has 5 heteroatoms. The van der Waals surface area contributed by atoms with E-state index in [4.69, 9.17) is 5.11 Å². The summed E-state index contributed by atoms with van der Waals surface area (Å²) in [6.45, 7) is 2.15. The molecule has 0 saturated carbocycles. The standard InChI is InChI=1S/C7H14N2O3/c1-4(10)8-2-5-7(12)6(11)3-9-5/h5-7,9,11-12H,2-3H2,1H3,(H,8,10)/t5?,6-,7-/m0/s1. The van der Waals surface area contributed by atoms with Crippen LogP contribution in [0, 0.1) is 0 Å². The van der Waals surface area contributed by atoms with Crippen LogP contribution in [-0.2, 0) is 4.79 Å². The van der Waals surface area contributed by atoms with Gasteiger partial charge in [-0.3, -0.25) is 4.79 Å². The first-order valence-electron chi connectivity index (χ1n) is 3.95. The van der Waals surface area contributed by atoms with E-state index in [0.29, 0.717) is 13.1 Å². The minimum absolute atomic E-state index is 0.134. The zero-order valence-corrected chi connectivity index (χ0v) is 6.95. The van der Waals surface area contributed by atoms with Crippen LogP contribution in [-0.4, -0.2) is 47.5 Å². The first-order valence-corrected chi connectivity index (χ1v) is 3.95. The van der Waals surface area contributed by atoms with E-state index in [9.17, 15) is 9.90 Å². The molecule has 1 aliphatic rings. The number of carbonyl (C=O) groups excluding carboxylic acids is 1. The van der Waals surface area contributed by atoms with Gasteiger partial charge in [0.05, 0.1) is 18.2 Å². The minimum atomic E-state index is -0.781. The van der Waals surface area contributed by atoms with E-state index in [1.54, 1.807) is 0 Å². The number of carbonyl (C=O) groups is 1. The fraction of sp³-hybridized carbons (Fsp3) is 0.857. The van der Waals surface area contributed by atoms with Crippen molar-refractivity contribution in [2.24, 2.45) is 0 Å². The highest BCUT2D eigenvalue weighted by Crippen LogP contribution is 2.06. The lowest BCUT2D eigenvalue weighted by Gasteiger charge is -2.15. The average Bonchev–Trinajstić information content (AvgIpc) is 2.30. The van der Waals surface area contributed by atoms with E-state index >= 15 is 0 Å². The van der Waals surface area contributed by atoms with Crippen LogP contribution in [0.2, 0.25) is 0 Å². The van der Waals surface area contributed by atoms with Gasteiger partial charge in [-0.15, -0.1) is 0 Å². The number of hydrogen-bond donors (Lipinski definition) is 4. The molecule has 70 valence electrons. The molecule has 0 spiro atoms. The van der Waals surface area contributed by atoms with Crippen LogP contribution in [0.1, 0.15) is 6.92 Å². The van der Waals surface area contributed by atoms with Crippen molar-refractivity contribution in [2.45, 2.75) is 25.2 Å². The van der Waals surface area contributed by atoms with Crippen LogP contribution >= 0.6 is 0 Å². The molecule has 1 amide bonds. The van der Waals surface area contributed by atoms with Gasteiger partial charge in [-0.1, -0.05) is 0 Å². The van der Waals surface area contributed by atoms with Crippen LogP contribution in [0.3, 0.4) is 0 Å². The maximum absolute atomic E-state index is 10.5. The van der Waals surface area contributed by atoms with Gasteiger partial charge in [-0.05, 0) is 0 Å². The predicted molar refractivity (Wildman–Crippen MR) is 42.5 cm³/mol. The number of amides is 1. The second kappa shape index (κ2) is 3.84. The topological polar surface area (TPSA) is 81.6 Å². The Kier molecular flexibility index (Phi) is 3.02. The summed E-state index contributed by atoms with van der Waals surface area (Å²) in [6.07, 6.45) is -1.50. The summed E-state index contributed by atoms with van der Waals surface area (Å²) < 4.78 is 0. The van der Waals surface area contributed by atoms with Crippen molar-refractivity contribution in [1.82, 2.24) is 10.6 Å². The van der Waals surface area contributed by atoms with Crippen molar-refractivity contribution in [1.29, 1.82) is 0 Å². The summed E-state index contributed by atoms with van der Waals surface area (Å²) in [5.41, 5.74) is 0. The highest BCUT2D eigenvalue weighted by atomic mass is 16.3. The van der Waals surface area contributed by atoms with Gasteiger partial charge in [0.25, 0.3) is 0 Å². The van der Waals surface area contributed by atoms with Gasteiger partial charge >= 0.3 is 0 Å². The minimum Gasteiger partial charge on any atom is -0.389 e. The lowest BCUT2D eigenvalue weighted by atomic mass is 10.1. The molecule has 1 fully saturated rings. The second-order valence-electron chi connectivity index (χ2n) is 3.01. The molecule has 4 N–H and O–H groups in total. The van der Waals surface area contributed by atoms with Crippen LogP contribution in [0.25, 0.3) is 0 Å². The van der Waals surface area contributed by atoms with E-state index < -0.39 is 12.2 Å². The normalized spacial score (nSPS) is 35.1. The van der Waals surface area contributed by atoms with E-state index in [1.807, 2.05) is 0 Å². The first-order chi connectivity index (χ1) is 5.61. The average molecular weight is 174 g/mol. The predicted octanol–water partition coefficient (Wildman–Crippen LogP) is -2.18. The summed E-state index contributed by atoms with van der Waals surface area (Å²) in [7, 11) is 0. The number of aliphatic hydroxyl groups is 2. The molecule has 0 radical (unpaired) electrons. The molecule has 0 bridgehead atoms. The van der Waals surface area contributed by atoms with Crippen LogP contribution < -0.4 is 10.6 Å². The van der Waals surface area contributed by atoms with Crippen molar-refractivity contribution in [3.8, 4) is 0 Å². The Morgan fingerprint density at radius 3 is 2.75 bits per heavy atom. The number of nitrogens with one attached hydrogen (secondary N) is 2.